The summed E-state index contributed by atoms with van der Waals surface area (Å²) < 4.78 is 5.00. The molecule has 0 saturated carbocycles. The van der Waals surface area contributed by atoms with Crippen LogP contribution < -0.4 is 0 Å². The fourth-order valence-corrected chi connectivity index (χ4v) is 1.91. The van der Waals surface area contributed by atoms with Crippen molar-refractivity contribution in [2.24, 2.45) is 0 Å². The van der Waals surface area contributed by atoms with Gasteiger partial charge in [0.1, 0.15) is 0 Å². The van der Waals surface area contributed by atoms with Gasteiger partial charge in [-0.2, -0.15) is 0 Å². The van der Waals surface area contributed by atoms with Gasteiger partial charge in [0.15, 0.2) is 0 Å². The van der Waals surface area contributed by atoms with Gasteiger partial charge >= 0.3 is 5.97 Å². The lowest BCUT2D eigenvalue weighted by molar-refractivity contribution is -0.137. The zero-order valence-electron chi connectivity index (χ0n) is 15.7. The fraction of sp³-hybridized carbons (Fsp3) is 0.850. The molecule has 0 rings (SSSR count). The molecule has 22 heavy (non-hydrogen) atoms. The number of carbonyl (C=O) groups is 1. The van der Waals surface area contributed by atoms with Crippen molar-refractivity contribution in [3.05, 3.63) is 12.2 Å². The highest BCUT2D eigenvalue weighted by molar-refractivity contribution is 5.81. The minimum Gasteiger partial charge on any atom is -0.463 e. The minimum absolute atomic E-state index is 0.193. The topological polar surface area (TPSA) is 26.3 Å². The summed E-state index contributed by atoms with van der Waals surface area (Å²) in [6.45, 7) is 9.31. The van der Waals surface area contributed by atoms with E-state index in [1.807, 2.05) is 6.08 Å². The summed E-state index contributed by atoms with van der Waals surface area (Å²) in [6, 6.07) is 0. The van der Waals surface area contributed by atoms with Crippen LogP contribution in [0.5, 0.6) is 0 Å². The third kappa shape index (κ3) is 24.2. The van der Waals surface area contributed by atoms with Gasteiger partial charge in [-0.05, 0) is 19.3 Å². The van der Waals surface area contributed by atoms with Gasteiger partial charge in [0, 0.05) is 6.08 Å². The van der Waals surface area contributed by atoms with Crippen molar-refractivity contribution >= 4 is 5.97 Å². The molecule has 0 aromatic carbocycles. The summed E-state index contributed by atoms with van der Waals surface area (Å²) >= 11 is 0. The summed E-state index contributed by atoms with van der Waals surface area (Å²) in [6.07, 6.45) is 18.4. The number of hydrogen-bond donors (Lipinski definition) is 0. The Morgan fingerprint density at radius 3 is 1.77 bits per heavy atom. The highest BCUT2D eigenvalue weighted by Gasteiger charge is 1.94. The highest BCUT2D eigenvalue weighted by Crippen LogP contribution is 2.05. The number of rotatable bonds is 13. The van der Waals surface area contributed by atoms with E-state index in [-0.39, 0.29) is 5.97 Å². The Morgan fingerprint density at radius 2 is 1.23 bits per heavy atom. The van der Waals surface area contributed by atoms with Crippen molar-refractivity contribution < 1.29 is 9.53 Å². The molecule has 0 aliphatic rings. The molecule has 0 aromatic heterocycles. The molecule has 0 atom stereocenters. The molecule has 0 fully saturated rings. The molecule has 0 radical (unpaired) electrons. The van der Waals surface area contributed by atoms with Crippen LogP contribution in [0.4, 0.5) is 0 Å². The van der Waals surface area contributed by atoms with E-state index in [1.54, 1.807) is 6.08 Å². The molecule has 0 aromatic rings. The maximum Gasteiger partial charge on any atom is 0.330 e. The Balaban J connectivity index is 0. The lowest BCUT2D eigenvalue weighted by atomic mass is 10.1. The predicted molar refractivity (Wildman–Crippen MR) is 98.2 cm³/mol. The molecule has 2 heteroatoms. The first-order valence-electron chi connectivity index (χ1n) is 9.56. The lowest BCUT2D eigenvalue weighted by Crippen LogP contribution is -2.01. The molecule has 0 bridgehead atoms. The largest absolute Gasteiger partial charge is 0.463 e. The van der Waals surface area contributed by atoms with Crippen molar-refractivity contribution in [1.82, 2.24) is 0 Å². The summed E-state index contributed by atoms with van der Waals surface area (Å²) in [5.41, 5.74) is 0. The van der Waals surface area contributed by atoms with Crippen molar-refractivity contribution in [2.45, 2.75) is 105 Å². The van der Waals surface area contributed by atoms with Crippen LogP contribution in [0.25, 0.3) is 0 Å². The van der Waals surface area contributed by atoms with Crippen LogP contribution in [0.2, 0.25) is 0 Å². The molecule has 132 valence electrons. The van der Waals surface area contributed by atoms with Gasteiger partial charge < -0.3 is 4.74 Å². The second-order valence-corrected chi connectivity index (χ2v) is 5.83. The van der Waals surface area contributed by atoms with Crippen LogP contribution in [0.1, 0.15) is 105 Å². The van der Waals surface area contributed by atoms with E-state index in [0.29, 0.717) is 6.61 Å². The molecule has 0 unspecified atom stereocenters. The Labute approximate surface area is 139 Å². The van der Waals surface area contributed by atoms with Crippen LogP contribution in [0, 0.1) is 0 Å². The first-order chi connectivity index (χ1) is 10.7. The van der Waals surface area contributed by atoms with E-state index < -0.39 is 0 Å². The molecule has 2 nitrogen and oxygen atoms in total. The van der Waals surface area contributed by atoms with E-state index in [4.69, 9.17) is 4.74 Å². The Morgan fingerprint density at radius 1 is 0.727 bits per heavy atom. The van der Waals surface area contributed by atoms with E-state index in [0.717, 1.165) is 19.3 Å². The molecule has 0 heterocycles. The van der Waals surface area contributed by atoms with Crippen molar-refractivity contribution in [2.75, 3.05) is 6.61 Å². The predicted octanol–water partition coefficient (Wildman–Crippen LogP) is 6.83. The number of ether oxygens (including phenoxy) is 1. The number of esters is 1. The van der Waals surface area contributed by atoms with Gasteiger partial charge in [-0.25, -0.2) is 4.79 Å². The van der Waals surface area contributed by atoms with E-state index >= 15 is 0 Å². The number of allylic oxidation sites excluding steroid dienone is 1. The third-order valence-electron chi connectivity index (χ3n) is 3.43. The second kappa shape index (κ2) is 22.5. The molecule has 0 spiro atoms. The van der Waals surface area contributed by atoms with Gasteiger partial charge in [-0.1, -0.05) is 91.6 Å². The maximum atomic E-state index is 11.1. The Kier molecular flexibility index (Phi) is 24.0. The second-order valence-electron chi connectivity index (χ2n) is 5.83. The molecule has 0 aliphatic carbocycles. The number of hydrogen-bond acceptors (Lipinski definition) is 2. The molecule has 0 N–H and O–H groups in total. The van der Waals surface area contributed by atoms with Crippen LogP contribution >= 0.6 is 0 Å². The normalized spacial score (nSPS) is 10.4. The highest BCUT2D eigenvalue weighted by atomic mass is 16.5. The molecule has 0 amide bonds. The Hall–Kier alpha value is -0.790. The number of unbranched alkanes of at least 4 members (excludes halogenated alkanes) is 9. The molecular formula is C20H40O2. The van der Waals surface area contributed by atoms with E-state index in [9.17, 15) is 4.79 Å². The van der Waals surface area contributed by atoms with Crippen LogP contribution in [0.15, 0.2) is 12.2 Å². The van der Waals surface area contributed by atoms with Crippen LogP contribution in [0.3, 0.4) is 0 Å². The lowest BCUT2D eigenvalue weighted by Gasteiger charge is -1.99. The van der Waals surface area contributed by atoms with Crippen LogP contribution in [-0.4, -0.2) is 12.6 Å². The van der Waals surface area contributed by atoms with Gasteiger partial charge in [0.05, 0.1) is 6.61 Å². The van der Waals surface area contributed by atoms with Crippen molar-refractivity contribution in [3.63, 3.8) is 0 Å². The average molecular weight is 313 g/mol. The van der Waals surface area contributed by atoms with Gasteiger partial charge in [0.25, 0.3) is 0 Å². The summed E-state index contributed by atoms with van der Waals surface area (Å²) in [7, 11) is 0. The first-order valence-corrected chi connectivity index (χ1v) is 9.56. The van der Waals surface area contributed by atoms with Crippen LogP contribution in [-0.2, 0) is 9.53 Å². The standard InChI is InChI=1S/C14H26O2.C6H14/c1-3-5-7-8-9-10-11-12-14(15)16-13-6-4-2;1-3-5-6-4-2/h11-12H,3-10,13H2,1-2H3;3-6H2,1-2H3. The monoisotopic (exact) mass is 312 g/mol. The van der Waals surface area contributed by atoms with Crippen molar-refractivity contribution in [1.29, 1.82) is 0 Å². The maximum absolute atomic E-state index is 11.1. The first kappa shape index (κ1) is 23.5. The third-order valence-corrected chi connectivity index (χ3v) is 3.43. The fourth-order valence-electron chi connectivity index (χ4n) is 1.91. The average Bonchev–Trinajstić information content (AvgIpc) is 2.53. The van der Waals surface area contributed by atoms with Gasteiger partial charge in [0.2, 0.25) is 0 Å². The summed E-state index contributed by atoms with van der Waals surface area (Å²) in [5, 5.41) is 0. The molecule has 0 aliphatic heterocycles. The van der Waals surface area contributed by atoms with Gasteiger partial charge in [-0.3, -0.25) is 0 Å². The smallest absolute Gasteiger partial charge is 0.330 e. The van der Waals surface area contributed by atoms with E-state index in [2.05, 4.69) is 27.7 Å². The molecular weight excluding hydrogens is 272 g/mol. The SMILES string of the molecule is CCCCCC.CCCCCCCC=CC(=O)OCCCC. The van der Waals surface area contributed by atoms with Crippen molar-refractivity contribution in [3.8, 4) is 0 Å². The summed E-state index contributed by atoms with van der Waals surface area (Å²) in [4.78, 5) is 11.1. The zero-order valence-corrected chi connectivity index (χ0v) is 15.7. The quantitative estimate of drug-likeness (QED) is 0.211. The van der Waals surface area contributed by atoms with E-state index in [1.165, 1.54) is 57.8 Å². The summed E-state index contributed by atoms with van der Waals surface area (Å²) in [5.74, 6) is -0.193. The number of carbonyl (C=O) groups excluding carboxylic acids is 1. The Bertz CT molecular complexity index is 230. The molecule has 0 saturated heterocycles. The zero-order chi connectivity index (χ0) is 16.9. The minimum atomic E-state index is -0.193. The van der Waals surface area contributed by atoms with Gasteiger partial charge in [-0.15, -0.1) is 0 Å².